The number of benzene rings is 1. The summed E-state index contributed by atoms with van der Waals surface area (Å²) in [6.45, 7) is 13.6. The first-order valence-electron chi connectivity index (χ1n) is 7.45. The van der Waals surface area contributed by atoms with E-state index in [0.29, 0.717) is 12.5 Å². The first kappa shape index (κ1) is 15.3. The Kier molecular flexibility index (Phi) is 4.36. The summed E-state index contributed by atoms with van der Waals surface area (Å²) in [6.07, 6.45) is 4.28. The Balaban J connectivity index is 2.10. The van der Waals surface area contributed by atoms with Gasteiger partial charge in [-0.1, -0.05) is 36.4 Å². The number of nitrogens with zero attached hydrogens (tertiary/aromatic N) is 1. The summed E-state index contributed by atoms with van der Waals surface area (Å²) in [7, 11) is 0. The highest BCUT2D eigenvalue weighted by Crippen LogP contribution is 2.42. The van der Waals surface area contributed by atoms with Crippen LogP contribution in [0.3, 0.4) is 0 Å². The minimum atomic E-state index is 0.0232. The molecular weight excluding hydrogens is 246 g/mol. The van der Waals surface area contributed by atoms with Gasteiger partial charge in [0.15, 0.2) is 0 Å². The van der Waals surface area contributed by atoms with Crippen molar-refractivity contribution < 1.29 is 4.84 Å². The van der Waals surface area contributed by atoms with Gasteiger partial charge in [0.2, 0.25) is 0 Å². The van der Waals surface area contributed by atoms with Gasteiger partial charge >= 0.3 is 0 Å². The molecule has 1 aliphatic rings. The number of hydroxylamine groups is 2. The molecule has 0 aliphatic carbocycles. The van der Waals surface area contributed by atoms with E-state index in [9.17, 15) is 0 Å². The molecule has 1 aromatic rings. The molecule has 2 nitrogen and oxygen atoms in total. The number of piperidine rings is 1. The molecule has 1 saturated heterocycles. The van der Waals surface area contributed by atoms with Crippen LogP contribution in [-0.2, 0) is 11.4 Å². The van der Waals surface area contributed by atoms with Crippen molar-refractivity contribution in [2.75, 3.05) is 0 Å². The normalized spacial score (nSPS) is 22.6. The van der Waals surface area contributed by atoms with Crippen molar-refractivity contribution >= 4 is 0 Å². The average Bonchev–Trinajstić information content (AvgIpc) is 2.37. The van der Waals surface area contributed by atoms with Crippen molar-refractivity contribution in [1.29, 1.82) is 0 Å². The van der Waals surface area contributed by atoms with Crippen molar-refractivity contribution in [3.63, 3.8) is 0 Å². The smallest absolute Gasteiger partial charge is 0.0936 e. The Morgan fingerprint density at radius 1 is 1.15 bits per heavy atom. The van der Waals surface area contributed by atoms with Crippen LogP contribution >= 0.6 is 0 Å². The third-order valence-electron chi connectivity index (χ3n) is 4.16. The fraction of sp³-hybridized carbons (Fsp3) is 0.556. The minimum Gasteiger partial charge on any atom is -0.293 e. The summed E-state index contributed by atoms with van der Waals surface area (Å²) >= 11 is 0. The van der Waals surface area contributed by atoms with E-state index >= 15 is 0 Å². The maximum absolute atomic E-state index is 6.19. The Bertz CT molecular complexity index is 432. The summed E-state index contributed by atoms with van der Waals surface area (Å²) in [5.74, 6) is 0.566. The zero-order valence-electron chi connectivity index (χ0n) is 13.2. The van der Waals surface area contributed by atoms with Crippen LogP contribution in [-0.4, -0.2) is 16.1 Å². The first-order valence-corrected chi connectivity index (χ1v) is 7.45. The van der Waals surface area contributed by atoms with E-state index in [1.807, 2.05) is 6.07 Å². The molecule has 110 valence electrons. The highest BCUT2D eigenvalue weighted by atomic mass is 16.7. The van der Waals surface area contributed by atoms with E-state index in [1.165, 1.54) is 5.56 Å². The zero-order chi connectivity index (χ0) is 14.8. The fourth-order valence-corrected chi connectivity index (χ4v) is 3.57. The zero-order valence-corrected chi connectivity index (χ0v) is 13.2. The molecule has 0 unspecified atom stereocenters. The molecule has 0 bridgehead atoms. The van der Waals surface area contributed by atoms with Crippen LogP contribution in [0, 0.1) is 5.92 Å². The monoisotopic (exact) mass is 273 g/mol. The van der Waals surface area contributed by atoms with Crippen molar-refractivity contribution in [2.45, 2.75) is 58.2 Å². The Morgan fingerprint density at radius 3 is 2.20 bits per heavy atom. The van der Waals surface area contributed by atoms with Gasteiger partial charge in [-0.15, -0.1) is 6.58 Å². The highest BCUT2D eigenvalue weighted by molar-refractivity contribution is 5.13. The minimum absolute atomic E-state index is 0.0232. The molecule has 0 spiro atoms. The predicted octanol–water partition coefficient (Wildman–Crippen LogP) is 4.57. The predicted molar refractivity (Wildman–Crippen MR) is 84.1 cm³/mol. The van der Waals surface area contributed by atoms with Gasteiger partial charge in [0, 0.05) is 11.1 Å². The Morgan fingerprint density at radius 2 is 1.70 bits per heavy atom. The van der Waals surface area contributed by atoms with Crippen LogP contribution in [0.4, 0.5) is 0 Å². The van der Waals surface area contributed by atoms with Crippen molar-refractivity contribution in [3.05, 3.63) is 48.6 Å². The van der Waals surface area contributed by atoms with Gasteiger partial charge < -0.3 is 0 Å². The van der Waals surface area contributed by atoms with Gasteiger partial charge in [-0.3, -0.25) is 4.84 Å². The second kappa shape index (κ2) is 5.71. The summed E-state index contributed by atoms with van der Waals surface area (Å²) < 4.78 is 0. The molecule has 1 heterocycles. The number of rotatable bonds is 4. The molecule has 1 aliphatic heterocycles. The largest absolute Gasteiger partial charge is 0.293 e. The molecule has 1 aromatic carbocycles. The standard InChI is InChI=1S/C18H27NO/c1-6-15-12-17(2,3)19(18(4,5)13-15)20-14-16-10-8-7-9-11-16/h6-11,15H,1,12-14H2,2-5H3. The third-order valence-corrected chi connectivity index (χ3v) is 4.16. The summed E-state index contributed by atoms with van der Waals surface area (Å²) in [5, 5.41) is 2.20. The van der Waals surface area contributed by atoms with E-state index in [0.717, 1.165) is 12.8 Å². The fourth-order valence-electron chi connectivity index (χ4n) is 3.57. The summed E-state index contributed by atoms with van der Waals surface area (Å²) in [5.41, 5.74) is 1.26. The van der Waals surface area contributed by atoms with Crippen LogP contribution in [0.25, 0.3) is 0 Å². The quantitative estimate of drug-likeness (QED) is 0.745. The molecule has 20 heavy (non-hydrogen) atoms. The molecule has 0 atom stereocenters. The van der Waals surface area contributed by atoms with Crippen LogP contribution in [0.1, 0.15) is 46.1 Å². The maximum Gasteiger partial charge on any atom is 0.0936 e. The number of hydrogen-bond donors (Lipinski definition) is 0. The summed E-state index contributed by atoms with van der Waals surface area (Å²) in [6, 6.07) is 10.4. The van der Waals surface area contributed by atoms with E-state index in [4.69, 9.17) is 4.84 Å². The van der Waals surface area contributed by atoms with Crippen molar-refractivity contribution in [3.8, 4) is 0 Å². The number of allylic oxidation sites excluding steroid dienone is 1. The lowest BCUT2D eigenvalue weighted by atomic mass is 9.75. The molecule has 1 fully saturated rings. The molecule has 0 aromatic heterocycles. The molecule has 2 rings (SSSR count). The van der Waals surface area contributed by atoms with Crippen LogP contribution in [0.15, 0.2) is 43.0 Å². The molecule has 0 radical (unpaired) electrons. The SMILES string of the molecule is C=CC1CC(C)(C)N(OCc2ccccc2)C(C)(C)C1. The van der Waals surface area contributed by atoms with Gasteiger partial charge in [-0.2, -0.15) is 5.06 Å². The van der Waals surface area contributed by atoms with E-state index in [-0.39, 0.29) is 11.1 Å². The number of hydrogen-bond acceptors (Lipinski definition) is 2. The molecule has 0 amide bonds. The molecule has 2 heteroatoms. The first-order chi connectivity index (χ1) is 9.35. The highest BCUT2D eigenvalue weighted by Gasteiger charge is 2.45. The third kappa shape index (κ3) is 3.31. The molecular formula is C18H27NO. The van der Waals surface area contributed by atoms with Crippen LogP contribution in [0.5, 0.6) is 0 Å². The Hall–Kier alpha value is -1.12. The van der Waals surface area contributed by atoms with Gasteiger partial charge in [-0.25, -0.2) is 0 Å². The van der Waals surface area contributed by atoms with Gasteiger partial charge in [0.25, 0.3) is 0 Å². The van der Waals surface area contributed by atoms with E-state index in [1.54, 1.807) is 0 Å². The second-order valence-electron chi connectivity index (χ2n) is 7.08. The summed E-state index contributed by atoms with van der Waals surface area (Å²) in [4.78, 5) is 6.19. The van der Waals surface area contributed by atoms with Crippen LogP contribution < -0.4 is 0 Å². The van der Waals surface area contributed by atoms with Crippen LogP contribution in [0.2, 0.25) is 0 Å². The average molecular weight is 273 g/mol. The topological polar surface area (TPSA) is 12.5 Å². The van der Waals surface area contributed by atoms with E-state index in [2.05, 4.69) is 69.7 Å². The maximum atomic E-state index is 6.19. The van der Waals surface area contributed by atoms with Gasteiger partial charge in [-0.05, 0) is 52.0 Å². The van der Waals surface area contributed by atoms with Gasteiger partial charge in [0.1, 0.15) is 0 Å². The lowest BCUT2D eigenvalue weighted by Gasteiger charge is -2.53. The molecule has 0 saturated carbocycles. The lowest BCUT2D eigenvalue weighted by Crippen LogP contribution is -2.60. The van der Waals surface area contributed by atoms with Crippen molar-refractivity contribution in [1.82, 2.24) is 5.06 Å². The second-order valence-corrected chi connectivity index (χ2v) is 7.08. The Labute approximate surface area is 123 Å². The van der Waals surface area contributed by atoms with Crippen molar-refractivity contribution in [2.24, 2.45) is 5.92 Å². The van der Waals surface area contributed by atoms with Gasteiger partial charge in [0.05, 0.1) is 6.61 Å². The van der Waals surface area contributed by atoms with E-state index < -0.39 is 0 Å². The lowest BCUT2D eigenvalue weighted by molar-refractivity contribution is -0.292. The molecule has 0 N–H and O–H groups in total.